The van der Waals surface area contributed by atoms with Crippen molar-refractivity contribution in [1.29, 1.82) is 0 Å². The molecule has 1 saturated carbocycles. The van der Waals surface area contributed by atoms with Gasteiger partial charge in [0.15, 0.2) is 5.60 Å². The molecule has 1 N–H and O–H groups in total. The SMILES string of the molecule is CCOC(=O)[C@@](O)(c1ccc(C)cc1)C1CCCCC1=O. The Bertz CT molecular complexity index is 520. The number of hydrogen-bond donors (Lipinski definition) is 1. The van der Waals surface area contributed by atoms with E-state index < -0.39 is 17.5 Å². The summed E-state index contributed by atoms with van der Waals surface area (Å²) in [5, 5.41) is 11.1. The van der Waals surface area contributed by atoms with Crippen molar-refractivity contribution in [3.63, 3.8) is 0 Å². The molecule has 1 aromatic carbocycles. The average Bonchev–Trinajstić information content (AvgIpc) is 2.48. The fourth-order valence-corrected chi connectivity index (χ4v) is 2.93. The molecular formula is C17H22O4. The van der Waals surface area contributed by atoms with Gasteiger partial charge in [-0.3, -0.25) is 4.79 Å². The van der Waals surface area contributed by atoms with E-state index in [1.54, 1.807) is 19.1 Å². The Balaban J connectivity index is 2.45. The molecule has 1 fully saturated rings. The normalized spacial score (nSPS) is 21.7. The standard InChI is InChI=1S/C17H22O4/c1-3-21-16(19)17(20,13-10-8-12(2)9-11-13)14-6-4-5-7-15(14)18/h8-11,14,20H,3-7H2,1-2H3/t14?,17-/m1/s1. The molecule has 1 unspecified atom stereocenters. The minimum absolute atomic E-state index is 0.0580. The minimum atomic E-state index is -1.87. The smallest absolute Gasteiger partial charge is 0.343 e. The highest BCUT2D eigenvalue weighted by molar-refractivity contribution is 5.92. The molecule has 114 valence electrons. The van der Waals surface area contributed by atoms with Gasteiger partial charge in [-0.1, -0.05) is 36.2 Å². The number of rotatable bonds is 4. The van der Waals surface area contributed by atoms with E-state index in [0.717, 1.165) is 18.4 Å². The van der Waals surface area contributed by atoms with Gasteiger partial charge in [-0.2, -0.15) is 0 Å². The van der Waals surface area contributed by atoms with Gasteiger partial charge in [0.1, 0.15) is 5.78 Å². The molecule has 1 aliphatic carbocycles. The van der Waals surface area contributed by atoms with Crippen molar-refractivity contribution in [3.8, 4) is 0 Å². The number of benzene rings is 1. The molecule has 0 amide bonds. The molecule has 2 rings (SSSR count). The van der Waals surface area contributed by atoms with E-state index >= 15 is 0 Å². The van der Waals surface area contributed by atoms with Crippen LogP contribution in [0.2, 0.25) is 0 Å². The van der Waals surface area contributed by atoms with Crippen molar-refractivity contribution in [2.24, 2.45) is 5.92 Å². The van der Waals surface area contributed by atoms with Crippen LogP contribution in [0.4, 0.5) is 0 Å². The maximum atomic E-state index is 12.4. The summed E-state index contributed by atoms with van der Waals surface area (Å²) in [5.74, 6) is -1.50. The first-order chi connectivity index (χ1) is 10.00. The van der Waals surface area contributed by atoms with Crippen LogP contribution in [-0.4, -0.2) is 23.5 Å². The summed E-state index contributed by atoms with van der Waals surface area (Å²) in [6.07, 6.45) is 2.59. The highest BCUT2D eigenvalue weighted by atomic mass is 16.5. The van der Waals surface area contributed by atoms with Crippen LogP contribution < -0.4 is 0 Å². The lowest BCUT2D eigenvalue weighted by Crippen LogP contribution is -2.48. The van der Waals surface area contributed by atoms with Crippen LogP contribution in [0.5, 0.6) is 0 Å². The van der Waals surface area contributed by atoms with Crippen LogP contribution in [0.3, 0.4) is 0 Å². The van der Waals surface area contributed by atoms with Crippen molar-refractivity contribution in [2.45, 2.75) is 45.1 Å². The number of Topliss-reactive ketones (excluding diaryl/α,β-unsaturated/α-hetero) is 1. The van der Waals surface area contributed by atoms with Gasteiger partial charge in [0.25, 0.3) is 0 Å². The third-order valence-electron chi connectivity index (χ3n) is 4.14. The van der Waals surface area contributed by atoms with Gasteiger partial charge in [-0.15, -0.1) is 0 Å². The summed E-state index contributed by atoms with van der Waals surface area (Å²) in [6, 6.07) is 7.06. The van der Waals surface area contributed by atoms with Crippen LogP contribution in [-0.2, 0) is 19.9 Å². The number of hydrogen-bond acceptors (Lipinski definition) is 4. The molecule has 1 aromatic rings. The first kappa shape index (κ1) is 15.7. The van der Waals surface area contributed by atoms with E-state index in [1.165, 1.54) is 0 Å². The van der Waals surface area contributed by atoms with E-state index in [2.05, 4.69) is 0 Å². The third-order valence-corrected chi connectivity index (χ3v) is 4.14. The molecule has 0 radical (unpaired) electrons. The molecule has 0 heterocycles. The Morgan fingerprint density at radius 2 is 2.00 bits per heavy atom. The molecule has 4 heteroatoms. The zero-order valence-corrected chi connectivity index (χ0v) is 12.6. The lowest BCUT2D eigenvalue weighted by molar-refractivity contribution is -0.177. The van der Waals surface area contributed by atoms with Crippen molar-refractivity contribution < 1.29 is 19.4 Å². The number of carbonyl (C=O) groups is 2. The van der Waals surface area contributed by atoms with Gasteiger partial charge < -0.3 is 9.84 Å². The van der Waals surface area contributed by atoms with E-state index in [1.807, 2.05) is 19.1 Å². The van der Waals surface area contributed by atoms with E-state index in [4.69, 9.17) is 4.74 Å². The Kier molecular flexibility index (Phi) is 4.78. The quantitative estimate of drug-likeness (QED) is 0.865. The monoisotopic (exact) mass is 290 g/mol. The molecule has 4 nitrogen and oxygen atoms in total. The van der Waals surface area contributed by atoms with Gasteiger partial charge >= 0.3 is 5.97 Å². The summed E-state index contributed by atoms with van der Waals surface area (Å²) >= 11 is 0. The zero-order chi connectivity index (χ0) is 15.5. The second-order valence-corrected chi connectivity index (χ2v) is 5.62. The second kappa shape index (κ2) is 6.39. The summed E-state index contributed by atoms with van der Waals surface area (Å²) in [7, 11) is 0. The van der Waals surface area contributed by atoms with Crippen LogP contribution in [0.25, 0.3) is 0 Å². The Hall–Kier alpha value is -1.68. The number of carbonyl (C=O) groups excluding carboxylic acids is 2. The maximum absolute atomic E-state index is 12.4. The van der Waals surface area contributed by atoms with E-state index in [9.17, 15) is 14.7 Å². The van der Waals surface area contributed by atoms with Crippen LogP contribution >= 0.6 is 0 Å². The van der Waals surface area contributed by atoms with Crippen molar-refractivity contribution >= 4 is 11.8 Å². The summed E-state index contributed by atoms with van der Waals surface area (Å²) in [5.41, 5.74) is -0.409. The van der Waals surface area contributed by atoms with Crippen molar-refractivity contribution in [1.82, 2.24) is 0 Å². The number of aliphatic hydroxyl groups is 1. The van der Waals surface area contributed by atoms with Crippen LogP contribution in [0, 0.1) is 12.8 Å². The maximum Gasteiger partial charge on any atom is 0.343 e. The van der Waals surface area contributed by atoms with E-state index in [-0.39, 0.29) is 12.4 Å². The number of esters is 1. The largest absolute Gasteiger partial charge is 0.464 e. The zero-order valence-electron chi connectivity index (χ0n) is 12.6. The summed E-state index contributed by atoms with van der Waals surface area (Å²) in [6.45, 7) is 3.79. The molecule has 2 atom stereocenters. The van der Waals surface area contributed by atoms with Gasteiger partial charge in [-0.25, -0.2) is 4.79 Å². The van der Waals surface area contributed by atoms with Crippen molar-refractivity contribution in [2.75, 3.05) is 6.61 Å². The van der Waals surface area contributed by atoms with Gasteiger partial charge in [0.2, 0.25) is 0 Å². The second-order valence-electron chi connectivity index (χ2n) is 5.62. The molecule has 0 spiro atoms. The molecule has 0 bridgehead atoms. The Morgan fingerprint density at radius 3 is 2.57 bits per heavy atom. The molecular weight excluding hydrogens is 268 g/mol. The van der Waals surface area contributed by atoms with Gasteiger partial charge in [0.05, 0.1) is 12.5 Å². The fourth-order valence-electron chi connectivity index (χ4n) is 2.93. The van der Waals surface area contributed by atoms with E-state index in [0.29, 0.717) is 18.4 Å². The highest BCUT2D eigenvalue weighted by Crippen LogP contribution is 2.38. The summed E-state index contributed by atoms with van der Waals surface area (Å²) in [4.78, 5) is 24.6. The highest BCUT2D eigenvalue weighted by Gasteiger charge is 2.50. The predicted molar refractivity (Wildman–Crippen MR) is 78.7 cm³/mol. The fraction of sp³-hybridized carbons (Fsp3) is 0.529. The average molecular weight is 290 g/mol. The number of ketones is 1. The number of ether oxygens (including phenoxy) is 1. The first-order valence-electron chi connectivity index (χ1n) is 7.49. The molecule has 21 heavy (non-hydrogen) atoms. The Labute approximate surface area is 125 Å². The molecule has 0 saturated heterocycles. The van der Waals surface area contributed by atoms with Crippen molar-refractivity contribution in [3.05, 3.63) is 35.4 Å². The lowest BCUT2D eigenvalue weighted by Gasteiger charge is -2.35. The molecule has 0 aromatic heterocycles. The van der Waals surface area contributed by atoms with Gasteiger partial charge in [-0.05, 0) is 32.3 Å². The minimum Gasteiger partial charge on any atom is -0.464 e. The summed E-state index contributed by atoms with van der Waals surface area (Å²) < 4.78 is 5.05. The predicted octanol–water partition coefficient (Wildman–Crippen LogP) is 2.51. The first-order valence-corrected chi connectivity index (χ1v) is 7.49. The molecule has 0 aliphatic heterocycles. The lowest BCUT2D eigenvalue weighted by atomic mass is 9.72. The number of aryl methyl sites for hydroxylation is 1. The Morgan fingerprint density at radius 1 is 1.33 bits per heavy atom. The van der Waals surface area contributed by atoms with Gasteiger partial charge in [0, 0.05) is 6.42 Å². The van der Waals surface area contributed by atoms with Crippen LogP contribution in [0.1, 0.15) is 43.7 Å². The van der Waals surface area contributed by atoms with Crippen LogP contribution in [0.15, 0.2) is 24.3 Å². The molecule has 1 aliphatic rings. The third kappa shape index (κ3) is 3.00. The topological polar surface area (TPSA) is 63.6 Å².